The molecule has 2 aliphatic heterocycles. The average Bonchev–Trinajstić information content (AvgIpc) is 3.12. The van der Waals surface area contributed by atoms with Crippen LogP contribution < -0.4 is 10.6 Å². The van der Waals surface area contributed by atoms with Crippen molar-refractivity contribution in [1.29, 1.82) is 0 Å². The molecule has 2 amide bonds. The summed E-state index contributed by atoms with van der Waals surface area (Å²) in [5.74, 6) is 0.169. The second-order valence-corrected chi connectivity index (χ2v) is 13.2. The fraction of sp³-hybridized carbons (Fsp3) is 0.390. The Labute approximate surface area is 285 Å². The van der Waals surface area contributed by atoms with Gasteiger partial charge in [-0.3, -0.25) is 0 Å². The Kier molecular flexibility index (Phi) is 11.9. The number of hydrogen-bond donors (Lipinski definition) is 3. The molecular weight excluding hydrogens is 598 g/mol. The zero-order valence-electron chi connectivity index (χ0n) is 28.0. The quantitative estimate of drug-likeness (QED) is 0.163. The van der Waals surface area contributed by atoms with Crippen LogP contribution >= 0.6 is 0 Å². The van der Waals surface area contributed by atoms with E-state index < -0.39 is 6.29 Å². The molecule has 7 nitrogen and oxygen atoms in total. The molecule has 0 saturated carbocycles. The normalized spacial score (nSPS) is 22.0. The lowest BCUT2D eigenvalue weighted by Crippen LogP contribution is -2.45. The molecule has 6 rings (SSSR count). The number of nitrogens with one attached hydrogen (secondary N) is 2. The molecule has 0 aromatic heterocycles. The zero-order valence-corrected chi connectivity index (χ0v) is 28.0. The third kappa shape index (κ3) is 9.11. The van der Waals surface area contributed by atoms with Crippen LogP contribution in [0.2, 0.25) is 0 Å². The molecule has 2 aliphatic rings. The molecule has 0 unspecified atom stereocenters. The minimum absolute atomic E-state index is 0.0273. The molecule has 4 atom stereocenters. The standard InChI is InChI=1S/C41H49N3O4/c1-30-38(28-44-23-8-3-2-4-9-24-44)47-40(48-39(30)35-17-15-32(29-45)16-18-35)36-21-19-34(20-22-36)37-14-10-13-33(25-37)27-43-41(46)42-26-31-11-6-5-7-12-31/h5-7,10-22,25,30,38-40,45H,2-4,8-9,23-24,26-29H2,1H3,(H2,42,43,46)/t30-,38+,39+,40+/m1/s1. The number of ether oxygens (including phenoxy) is 2. The molecular formula is C41H49N3O4. The van der Waals surface area contributed by atoms with E-state index in [1.54, 1.807) is 0 Å². The predicted molar refractivity (Wildman–Crippen MR) is 190 cm³/mol. The van der Waals surface area contributed by atoms with Crippen molar-refractivity contribution in [3.8, 4) is 11.1 Å². The van der Waals surface area contributed by atoms with Gasteiger partial charge in [-0.15, -0.1) is 0 Å². The first-order valence-corrected chi connectivity index (χ1v) is 17.5. The highest BCUT2D eigenvalue weighted by molar-refractivity contribution is 5.74. The van der Waals surface area contributed by atoms with Gasteiger partial charge >= 0.3 is 6.03 Å². The number of carbonyl (C=O) groups excluding carboxylic acids is 1. The van der Waals surface area contributed by atoms with Crippen LogP contribution in [-0.4, -0.2) is 41.8 Å². The second kappa shape index (κ2) is 16.9. The van der Waals surface area contributed by atoms with E-state index in [-0.39, 0.29) is 30.8 Å². The van der Waals surface area contributed by atoms with Gasteiger partial charge in [-0.1, -0.05) is 123 Å². The zero-order chi connectivity index (χ0) is 33.1. The van der Waals surface area contributed by atoms with Crippen LogP contribution in [0.3, 0.4) is 0 Å². The van der Waals surface area contributed by atoms with Gasteiger partial charge in [0.1, 0.15) is 0 Å². The summed E-state index contributed by atoms with van der Waals surface area (Å²) in [6, 6.07) is 34.6. The third-order valence-corrected chi connectivity index (χ3v) is 9.70. The van der Waals surface area contributed by atoms with Gasteiger partial charge in [0.15, 0.2) is 6.29 Å². The maximum absolute atomic E-state index is 12.4. The number of nitrogens with zero attached hydrogens (tertiary/aromatic N) is 1. The Morgan fingerprint density at radius 1 is 0.708 bits per heavy atom. The Balaban J connectivity index is 1.13. The number of carbonyl (C=O) groups is 1. The van der Waals surface area contributed by atoms with Gasteiger partial charge in [-0.2, -0.15) is 0 Å². The van der Waals surface area contributed by atoms with Crippen LogP contribution in [0.25, 0.3) is 11.1 Å². The van der Waals surface area contributed by atoms with Crippen LogP contribution in [0.1, 0.15) is 79.2 Å². The van der Waals surface area contributed by atoms with Gasteiger partial charge in [0.25, 0.3) is 0 Å². The smallest absolute Gasteiger partial charge is 0.315 e. The molecule has 0 radical (unpaired) electrons. The van der Waals surface area contributed by atoms with E-state index in [1.807, 2.05) is 54.6 Å². The van der Waals surface area contributed by atoms with E-state index in [1.165, 1.54) is 32.1 Å². The number of aliphatic hydroxyl groups is 1. The fourth-order valence-electron chi connectivity index (χ4n) is 6.79. The average molecular weight is 648 g/mol. The van der Waals surface area contributed by atoms with Crippen LogP contribution in [0, 0.1) is 5.92 Å². The van der Waals surface area contributed by atoms with E-state index >= 15 is 0 Å². The minimum Gasteiger partial charge on any atom is -0.392 e. The highest BCUT2D eigenvalue weighted by atomic mass is 16.7. The fourth-order valence-corrected chi connectivity index (χ4v) is 6.79. The summed E-state index contributed by atoms with van der Waals surface area (Å²) in [7, 11) is 0. The van der Waals surface area contributed by atoms with E-state index in [9.17, 15) is 9.90 Å². The van der Waals surface area contributed by atoms with Crippen molar-refractivity contribution < 1.29 is 19.4 Å². The Bertz CT molecular complexity index is 1570. The Hall–Kier alpha value is -4.01. The van der Waals surface area contributed by atoms with Gasteiger partial charge < -0.3 is 30.1 Å². The van der Waals surface area contributed by atoms with E-state index in [0.717, 1.165) is 58.6 Å². The minimum atomic E-state index is -0.484. The summed E-state index contributed by atoms with van der Waals surface area (Å²) >= 11 is 0. The van der Waals surface area contributed by atoms with Crippen LogP contribution in [-0.2, 0) is 29.2 Å². The molecule has 2 saturated heterocycles. The molecule has 3 N–H and O–H groups in total. The lowest BCUT2D eigenvalue weighted by molar-refractivity contribution is -0.276. The van der Waals surface area contributed by atoms with Gasteiger partial charge in [0, 0.05) is 31.1 Å². The van der Waals surface area contributed by atoms with Crippen molar-refractivity contribution in [3.63, 3.8) is 0 Å². The van der Waals surface area contributed by atoms with Crippen molar-refractivity contribution >= 4 is 6.03 Å². The maximum Gasteiger partial charge on any atom is 0.315 e. The lowest BCUT2D eigenvalue weighted by Gasteiger charge is -2.43. The second-order valence-electron chi connectivity index (χ2n) is 13.2. The predicted octanol–water partition coefficient (Wildman–Crippen LogP) is 7.90. The summed E-state index contributed by atoms with van der Waals surface area (Å²) in [6.07, 6.45) is 5.86. The van der Waals surface area contributed by atoms with E-state index in [0.29, 0.717) is 13.1 Å². The molecule has 0 bridgehead atoms. The number of hydrogen-bond acceptors (Lipinski definition) is 5. The molecule has 2 heterocycles. The highest BCUT2D eigenvalue weighted by Gasteiger charge is 2.39. The maximum atomic E-state index is 12.4. The van der Waals surface area contributed by atoms with Gasteiger partial charge in [0.05, 0.1) is 18.8 Å². The van der Waals surface area contributed by atoms with Crippen LogP contribution in [0.5, 0.6) is 0 Å². The largest absolute Gasteiger partial charge is 0.392 e. The Morgan fingerprint density at radius 2 is 1.35 bits per heavy atom. The molecule has 4 aromatic rings. The number of aliphatic hydroxyl groups excluding tert-OH is 1. The lowest BCUT2D eigenvalue weighted by atomic mass is 9.89. The number of rotatable bonds is 10. The molecule has 7 heteroatoms. The Morgan fingerprint density at radius 3 is 2.06 bits per heavy atom. The van der Waals surface area contributed by atoms with Crippen molar-refractivity contribution in [2.45, 2.75) is 77.2 Å². The first-order valence-electron chi connectivity index (χ1n) is 17.5. The highest BCUT2D eigenvalue weighted by Crippen LogP contribution is 2.42. The van der Waals surface area contributed by atoms with E-state index in [2.05, 4.69) is 71.0 Å². The summed E-state index contributed by atoms with van der Waals surface area (Å²) in [5.41, 5.74) is 7.27. The SMILES string of the molecule is C[C@@H]1[C@H](CN2CCCCCCC2)O[C@H](c2ccc(-c3cccc(CNC(=O)NCc4ccccc4)c3)cc2)O[C@@H]1c1ccc(CO)cc1. The number of amides is 2. The van der Waals surface area contributed by atoms with E-state index in [4.69, 9.17) is 9.47 Å². The number of urea groups is 1. The van der Waals surface area contributed by atoms with Gasteiger partial charge in [-0.25, -0.2) is 4.79 Å². The summed E-state index contributed by atoms with van der Waals surface area (Å²) in [5, 5.41) is 15.5. The first-order chi connectivity index (χ1) is 23.6. The van der Waals surface area contributed by atoms with Gasteiger partial charge in [-0.05, 0) is 65.4 Å². The number of likely N-dealkylation sites (tertiary alicyclic amines) is 1. The summed E-state index contributed by atoms with van der Waals surface area (Å²) < 4.78 is 13.5. The topological polar surface area (TPSA) is 83.1 Å². The monoisotopic (exact) mass is 647 g/mol. The first kappa shape index (κ1) is 33.9. The van der Waals surface area contributed by atoms with Crippen molar-refractivity contribution in [3.05, 3.63) is 131 Å². The van der Waals surface area contributed by atoms with Crippen LogP contribution in [0.4, 0.5) is 4.79 Å². The molecule has 0 aliphatic carbocycles. The van der Waals surface area contributed by atoms with Crippen molar-refractivity contribution in [2.24, 2.45) is 5.92 Å². The molecule has 2 fully saturated rings. The van der Waals surface area contributed by atoms with Crippen molar-refractivity contribution in [1.82, 2.24) is 15.5 Å². The van der Waals surface area contributed by atoms with Gasteiger partial charge in [0.2, 0.25) is 0 Å². The molecule has 0 spiro atoms. The molecule has 48 heavy (non-hydrogen) atoms. The van der Waals surface area contributed by atoms with Crippen molar-refractivity contribution in [2.75, 3.05) is 19.6 Å². The third-order valence-electron chi connectivity index (χ3n) is 9.70. The molecule has 4 aromatic carbocycles. The summed E-state index contributed by atoms with van der Waals surface area (Å²) in [4.78, 5) is 15.0. The van der Waals surface area contributed by atoms with Crippen LogP contribution in [0.15, 0.2) is 103 Å². The number of benzene rings is 4. The summed E-state index contributed by atoms with van der Waals surface area (Å²) in [6.45, 7) is 6.34. The molecule has 252 valence electrons.